The molecule has 1 fully saturated rings. The maximum Gasteiger partial charge on any atom is 0.224 e. The van der Waals surface area contributed by atoms with Crippen LogP contribution in [0.15, 0.2) is 12.3 Å². The molecular weight excluding hydrogens is 275 g/mol. The Labute approximate surface area is 114 Å². The Morgan fingerprint density at radius 3 is 2.72 bits per heavy atom. The molecule has 3 rings (SSSR count). The zero-order valence-corrected chi connectivity index (χ0v) is 10.9. The summed E-state index contributed by atoms with van der Waals surface area (Å²) in [5, 5.41) is 1.24. The number of rotatable bonds is 1. The average molecular weight is 285 g/mol. The van der Waals surface area contributed by atoms with E-state index >= 15 is 0 Å². The molecule has 2 aromatic heterocycles. The van der Waals surface area contributed by atoms with Crippen molar-refractivity contribution in [3.63, 3.8) is 0 Å². The van der Waals surface area contributed by atoms with E-state index in [-0.39, 0.29) is 5.28 Å². The average Bonchev–Trinajstić information content (AvgIpc) is 2.39. The Hall–Kier alpha value is -1.17. The van der Waals surface area contributed by atoms with Gasteiger partial charge in [0.2, 0.25) is 5.28 Å². The number of nitrogens with zero attached hydrogens (tertiary/aromatic N) is 4. The minimum Gasteiger partial charge on any atom is -0.378 e. The Balaban J connectivity index is 2.04. The van der Waals surface area contributed by atoms with Gasteiger partial charge in [-0.25, -0.2) is 15.0 Å². The highest BCUT2D eigenvalue weighted by Gasteiger charge is 2.14. The Bertz CT molecular complexity index is 587. The molecule has 5 nitrogen and oxygen atoms in total. The van der Waals surface area contributed by atoms with Crippen molar-refractivity contribution < 1.29 is 4.74 Å². The molecular formula is C11H10Cl2N4O. The number of pyridine rings is 1. The number of morpholine rings is 1. The summed E-state index contributed by atoms with van der Waals surface area (Å²) < 4.78 is 5.31. The van der Waals surface area contributed by atoms with Gasteiger partial charge in [0.05, 0.1) is 24.9 Å². The van der Waals surface area contributed by atoms with E-state index < -0.39 is 0 Å². The molecule has 2 aromatic rings. The number of halogens is 2. The Kier molecular flexibility index (Phi) is 3.20. The summed E-state index contributed by atoms with van der Waals surface area (Å²) in [5.74, 6) is 0.860. The van der Waals surface area contributed by atoms with Crippen LogP contribution in [-0.2, 0) is 4.74 Å². The predicted molar refractivity (Wildman–Crippen MR) is 70.4 cm³/mol. The number of anilines is 1. The minimum atomic E-state index is 0.133. The molecule has 94 valence electrons. The third kappa shape index (κ3) is 2.21. The Morgan fingerprint density at radius 2 is 1.94 bits per heavy atom. The molecule has 18 heavy (non-hydrogen) atoms. The van der Waals surface area contributed by atoms with Gasteiger partial charge in [0, 0.05) is 18.5 Å². The first kappa shape index (κ1) is 11.9. The maximum atomic E-state index is 6.07. The number of hydrogen-bond acceptors (Lipinski definition) is 5. The van der Waals surface area contributed by atoms with Crippen molar-refractivity contribution in [2.45, 2.75) is 0 Å². The SMILES string of the molecule is Clc1nc(Cl)c2cc(N3CCOCC3)ncc2n1. The van der Waals surface area contributed by atoms with Gasteiger partial charge in [0.15, 0.2) is 0 Å². The second kappa shape index (κ2) is 4.84. The second-order valence-electron chi connectivity index (χ2n) is 3.94. The van der Waals surface area contributed by atoms with Crippen LogP contribution in [0.2, 0.25) is 10.4 Å². The fourth-order valence-corrected chi connectivity index (χ4v) is 2.37. The zero-order chi connectivity index (χ0) is 12.5. The molecule has 0 spiro atoms. The summed E-state index contributed by atoms with van der Waals surface area (Å²) in [6.07, 6.45) is 1.67. The third-order valence-corrected chi connectivity index (χ3v) is 3.29. The van der Waals surface area contributed by atoms with Crippen molar-refractivity contribution in [3.8, 4) is 0 Å². The lowest BCUT2D eigenvalue weighted by Crippen LogP contribution is -2.36. The summed E-state index contributed by atoms with van der Waals surface area (Å²) in [6.45, 7) is 3.07. The predicted octanol–water partition coefficient (Wildman–Crippen LogP) is 2.17. The van der Waals surface area contributed by atoms with Crippen LogP contribution >= 0.6 is 23.2 Å². The fourth-order valence-electron chi connectivity index (χ4n) is 1.92. The molecule has 0 saturated carbocycles. The van der Waals surface area contributed by atoms with Gasteiger partial charge in [-0.2, -0.15) is 0 Å². The summed E-state index contributed by atoms with van der Waals surface area (Å²) in [4.78, 5) is 14.5. The van der Waals surface area contributed by atoms with Gasteiger partial charge in [-0.3, -0.25) is 0 Å². The molecule has 3 heterocycles. The molecule has 0 radical (unpaired) electrons. The normalized spacial score (nSPS) is 16.2. The van der Waals surface area contributed by atoms with Gasteiger partial charge >= 0.3 is 0 Å². The zero-order valence-electron chi connectivity index (χ0n) is 9.44. The second-order valence-corrected chi connectivity index (χ2v) is 4.64. The van der Waals surface area contributed by atoms with Crippen molar-refractivity contribution >= 4 is 39.9 Å². The summed E-state index contributed by atoms with van der Waals surface area (Å²) in [6, 6.07) is 1.89. The van der Waals surface area contributed by atoms with Crippen molar-refractivity contribution in [2.75, 3.05) is 31.2 Å². The molecule has 1 aliphatic rings. The highest BCUT2D eigenvalue weighted by Crippen LogP contribution is 2.25. The topological polar surface area (TPSA) is 51.1 Å². The molecule has 7 heteroatoms. The third-order valence-electron chi connectivity index (χ3n) is 2.83. The van der Waals surface area contributed by atoms with Crippen LogP contribution < -0.4 is 4.90 Å². The number of hydrogen-bond donors (Lipinski definition) is 0. The maximum absolute atomic E-state index is 6.07. The number of fused-ring (bicyclic) bond motifs is 1. The number of ether oxygens (including phenoxy) is 1. The molecule has 1 aliphatic heterocycles. The molecule has 0 aliphatic carbocycles. The van der Waals surface area contributed by atoms with Crippen LogP contribution in [0, 0.1) is 0 Å². The molecule has 0 atom stereocenters. The molecule has 0 bridgehead atoms. The first-order valence-corrected chi connectivity index (χ1v) is 6.31. The van der Waals surface area contributed by atoms with E-state index in [1.807, 2.05) is 6.07 Å². The van der Waals surface area contributed by atoms with E-state index in [4.69, 9.17) is 27.9 Å². The molecule has 0 amide bonds. The van der Waals surface area contributed by atoms with Crippen LogP contribution in [0.5, 0.6) is 0 Å². The van der Waals surface area contributed by atoms with E-state index in [2.05, 4.69) is 19.9 Å². The first-order chi connectivity index (χ1) is 8.74. The summed E-state index contributed by atoms with van der Waals surface area (Å²) in [7, 11) is 0. The van der Waals surface area contributed by atoms with Crippen LogP contribution in [-0.4, -0.2) is 41.3 Å². The van der Waals surface area contributed by atoms with Crippen molar-refractivity contribution in [2.24, 2.45) is 0 Å². The van der Waals surface area contributed by atoms with Crippen LogP contribution in [0.25, 0.3) is 10.9 Å². The van der Waals surface area contributed by atoms with E-state index in [1.54, 1.807) is 6.20 Å². The van der Waals surface area contributed by atoms with Crippen molar-refractivity contribution in [3.05, 3.63) is 22.7 Å². The van der Waals surface area contributed by atoms with Gasteiger partial charge in [-0.05, 0) is 17.7 Å². The lowest BCUT2D eigenvalue weighted by atomic mass is 10.3. The van der Waals surface area contributed by atoms with Crippen LogP contribution in [0.1, 0.15) is 0 Å². The summed E-state index contributed by atoms with van der Waals surface area (Å²) in [5.41, 5.74) is 0.650. The van der Waals surface area contributed by atoms with Crippen molar-refractivity contribution in [1.82, 2.24) is 15.0 Å². The van der Waals surface area contributed by atoms with Gasteiger partial charge in [0.25, 0.3) is 0 Å². The fraction of sp³-hybridized carbons (Fsp3) is 0.364. The summed E-state index contributed by atoms with van der Waals surface area (Å²) >= 11 is 11.8. The smallest absolute Gasteiger partial charge is 0.224 e. The van der Waals surface area contributed by atoms with Gasteiger partial charge in [-0.1, -0.05) is 11.6 Å². The largest absolute Gasteiger partial charge is 0.378 e. The highest BCUT2D eigenvalue weighted by molar-refractivity contribution is 6.35. The quantitative estimate of drug-likeness (QED) is 0.593. The first-order valence-electron chi connectivity index (χ1n) is 5.55. The standard InChI is InChI=1S/C11H10Cl2N4O/c12-10-7-5-9(17-1-3-18-4-2-17)14-6-8(7)15-11(13)16-10/h5-6H,1-4H2. The monoisotopic (exact) mass is 284 g/mol. The van der Waals surface area contributed by atoms with Crippen molar-refractivity contribution in [1.29, 1.82) is 0 Å². The lowest BCUT2D eigenvalue weighted by Gasteiger charge is -2.27. The molecule has 0 N–H and O–H groups in total. The van der Waals surface area contributed by atoms with E-state index in [9.17, 15) is 0 Å². The molecule has 1 saturated heterocycles. The minimum absolute atomic E-state index is 0.133. The molecule has 0 unspecified atom stereocenters. The lowest BCUT2D eigenvalue weighted by molar-refractivity contribution is 0.122. The van der Waals surface area contributed by atoms with E-state index in [0.29, 0.717) is 23.9 Å². The van der Waals surface area contributed by atoms with Gasteiger partial charge in [-0.15, -0.1) is 0 Å². The van der Waals surface area contributed by atoms with E-state index in [0.717, 1.165) is 24.3 Å². The van der Waals surface area contributed by atoms with Gasteiger partial charge in [0.1, 0.15) is 11.0 Å². The number of aromatic nitrogens is 3. The van der Waals surface area contributed by atoms with E-state index in [1.165, 1.54) is 0 Å². The molecule has 0 aromatic carbocycles. The van der Waals surface area contributed by atoms with Crippen LogP contribution in [0.3, 0.4) is 0 Å². The van der Waals surface area contributed by atoms with Gasteiger partial charge < -0.3 is 9.64 Å². The van der Waals surface area contributed by atoms with Crippen LogP contribution in [0.4, 0.5) is 5.82 Å². The highest BCUT2D eigenvalue weighted by atomic mass is 35.5. The Morgan fingerprint density at radius 1 is 1.17 bits per heavy atom.